The van der Waals surface area contributed by atoms with Crippen molar-refractivity contribution in [3.63, 3.8) is 0 Å². The number of ketones is 1. The fraction of sp³-hybridized carbons (Fsp3) is 0.346. The maximum atomic E-state index is 13.2. The van der Waals surface area contributed by atoms with Crippen LogP contribution in [0.25, 0.3) is 0 Å². The molecule has 6 heteroatoms. The lowest BCUT2D eigenvalue weighted by Gasteiger charge is -2.37. The molecule has 4 aliphatic carbocycles. The predicted octanol–water partition coefficient (Wildman–Crippen LogP) is 3.51. The first kappa shape index (κ1) is 19.3. The van der Waals surface area contributed by atoms with Gasteiger partial charge in [0.15, 0.2) is 12.4 Å². The van der Waals surface area contributed by atoms with Gasteiger partial charge in [-0.15, -0.1) is 0 Å². The van der Waals surface area contributed by atoms with Gasteiger partial charge in [0.2, 0.25) is 11.8 Å². The van der Waals surface area contributed by atoms with E-state index in [4.69, 9.17) is 9.47 Å². The number of rotatable bonds is 6. The summed E-state index contributed by atoms with van der Waals surface area (Å²) in [7, 11) is 1.57. The lowest BCUT2D eigenvalue weighted by atomic mass is 9.63. The number of amides is 2. The average molecular weight is 429 g/mol. The maximum absolute atomic E-state index is 13.2. The van der Waals surface area contributed by atoms with Crippen molar-refractivity contribution < 1.29 is 23.9 Å². The predicted molar refractivity (Wildman–Crippen MR) is 116 cm³/mol. The Bertz CT molecular complexity index is 1100. The molecule has 1 heterocycles. The van der Waals surface area contributed by atoms with Crippen molar-refractivity contribution in [2.45, 2.75) is 6.42 Å². The molecule has 7 rings (SSSR count). The number of imide groups is 1. The highest BCUT2D eigenvalue weighted by atomic mass is 16.5. The zero-order valence-electron chi connectivity index (χ0n) is 17.6. The van der Waals surface area contributed by atoms with Crippen molar-refractivity contribution in [2.24, 2.45) is 35.5 Å². The molecule has 0 unspecified atom stereocenters. The van der Waals surface area contributed by atoms with Crippen molar-refractivity contribution >= 4 is 23.3 Å². The summed E-state index contributed by atoms with van der Waals surface area (Å²) < 4.78 is 10.7. The van der Waals surface area contributed by atoms with E-state index in [1.807, 2.05) is 0 Å². The largest absolute Gasteiger partial charge is 0.497 e. The summed E-state index contributed by atoms with van der Waals surface area (Å²) in [5, 5.41) is 0. The third-order valence-electron chi connectivity index (χ3n) is 7.54. The highest BCUT2D eigenvalue weighted by molar-refractivity contribution is 6.22. The van der Waals surface area contributed by atoms with E-state index in [0.29, 0.717) is 34.6 Å². The van der Waals surface area contributed by atoms with Crippen LogP contribution >= 0.6 is 0 Å². The number of methoxy groups -OCH3 is 1. The van der Waals surface area contributed by atoms with Crippen LogP contribution in [0.1, 0.15) is 16.8 Å². The topological polar surface area (TPSA) is 72.9 Å². The van der Waals surface area contributed by atoms with Gasteiger partial charge >= 0.3 is 0 Å². The third-order valence-corrected chi connectivity index (χ3v) is 7.54. The third kappa shape index (κ3) is 2.82. The standard InChI is InChI=1S/C26H23NO5/c1-31-16-6-2-14(3-7-16)22(28)13-32-17-8-4-15(5-9-17)27-25(29)23-18-10-11-19(21-12-20(18)21)24(23)26(27)30/h2-11,18-21,23-24H,12-13H2,1H3/t18-,19+,20-,21-,23-,24+/m1/s1. The van der Waals surface area contributed by atoms with E-state index < -0.39 is 0 Å². The minimum absolute atomic E-state index is 0.0759. The summed E-state index contributed by atoms with van der Waals surface area (Å²) in [5.74, 6) is 2.07. The van der Waals surface area contributed by atoms with Crippen LogP contribution in [0.15, 0.2) is 60.7 Å². The summed E-state index contributed by atoms with van der Waals surface area (Å²) in [6.45, 7) is -0.102. The van der Waals surface area contributed by atoms with E-state index in [1.165, 1.54) is 4.90 Å². The minimum atomic E-state index is -0.209. The monoisotopic (exact) mass is 429 g/mol. The second-order valence-corrected chi connectivity index (χ2v) is 9.10. The van der Waals surface area contributed by atoms with Crippen molar-refractivity contribution in [3.8, 4) is 11.5 Å². The van der Waals surface area contributed by atoms with E-state index in [0.717, 1.165) is 6.42 Å². The zero-order chi connectivity index (χ0) is 22.0. The van der Waals surface area contributed by atoms with Gasteiger partial charge in [-0.3, -0.25) is 19.3 Å². The van der Waals surface area contributed by atoms with Gasteiger partial charge in [-0.05, 0) is 78.6 Å². The molecule has 2 aromatic carbocycles. The SMILES string of the molecule is COc1ccc(C(=O)COc2ccc(N3C(=O)[C@@H]4[C@@H]5C=C[C@@H]([C@H]6C[C@H]56)[C@@H]4C3=O)cc2)cc1. The Morgan fingerprint density at radius 3 is 2.00 bits per heavy atom. The first-order chi connectivity index (χ1) is 15.6. The molecule has 162 valence electrons. The van der Waals surface area contributed by atoms with Gasteiger partial charge < -0.3 is 9.47 Å². The molecule has 0 spiro atoms. The van der Waals surface area contributed by atoms with Crippen LogP contribution in [0.2, 0.25) is 0 Å². The van der Waals surface area contributed by atoms with Crippen LogP contribution in [-0.4, -0.2) is 31.3 Å². The smallest absolute Gasteiger partial charge is 0.238 e. The van der Waals surface area contributed by atoms with Crippen molar-refractivity contribution in [1.82, 2.24) is 0 Å². The quantitative estimate of drug-likeness (QED) is 0.399. The Kier molecular flexibility index (Phi) is 4.25. The summed E-state index contributed by atoms with van der Waals surface area (Å²) in [6, 6.07) is 13.7. The molecule has 2 amide bonds. The van der Waals surface area contributed by atoms with Crippen molar-refractivity contribution in [1.29, 1.82) is 0 Å². The Hall–Kier alpha value is -3.41. The molecule has 2 aromatic rings. The summed E-state index contributed by atoms with van der Waals surface area (Å²) in [4.78, 5) is 40.1. The van der Waals surface area contributed by atoms with Crippen molar-refractivity contribution in [2.75, 3.05) is 18.6 Å². The van der Waals surface area contributed by atoms with Crippen LogP contribution in [0.4, 0.5) is 5.69 Å². The number of nitrogens with zero attached hydrogens (tertiary/aromatic N) is 1. The number of anilines is 1. The van der Waals surface area contributed by atoms with Crippen molar-refractivity contribution in [3.05, 3.63) is 66.2 Å². The Morgan fingerprint density at radius 2 is 1.44 bits per heavy atom. The fourth-order valence-electron chi connectivity index (χ4n) is 5.91. The molecule has 6 nitrogen and oxygen atoms in total. The summed E-state index contributed by atoms with van der Waals surface area (Å²) in [5.41, 5.74) is 1.11. The molecule has 6 atom stereocenters. The molecule has 0 N–H and O–H groups in total. The molecular weight excluding hydrogens is 406 g/mol. The maximum Gasteiger partial charge on any atom is 0.238 e. The number of Topliss-reactive ketones (excluding diaryl/α,β-unsaturated/α-hetero) is 1. The number of allylic oxidation sites excluding steroid dienone is 2. The molecule has 2 bridgehead atoms. The zero-order valence-corrected chi connectivity index (χ0v) is 17.6. The van der Waals surface area contributed by atoms with E-state index in [9.17, 15) is 14.4 Å². The van der Waals surface area contributed by atoms with Crippen LogP contribution in [0.3, 0.4) is 0 Å². The highest BCUT2D eigenvalue weighted by Gasteiger charge is 2.67. The van der Waals surface area contributed by atoms with Gasteiger partial charge in [0.1, 0.15) is 11.5 Å². The van der Waals surface area contributed by atoms with E-state index in [1.54, 1.807) is 55.6 Å². The van der Waals surface area contributed by atoms with Gasteiger partial charge in [0.05, 0.1) is 24.6 Å². The average Bonchev–Trinajstić information content (AvgIpc) is 3.61. The van der Waals surface area contributed by atoms with Gasteiger partial charge in [-0.1, -0.05) is 12.2 Å². The second kappa shape index (κ2) is 7.05. The number of carbonyl (C=O) groups excluding carboxylic acids is 3. The lowest BCUT2D eigenvalue weighted by Crippen LogP contribution is -2.40. The molecule has 2 saturated carbocycles. The van der Waals surface area contributed by atoms with Crippen LogP contribution in [-0.2, 0) is 9.59 Å². The van der Waals surface area contributed by atoms with Crippen LogP contribution in [0.5, 0.6) is 11.5 Å². The molecule has 32 heavy (non-hydrogen) atoms. The number of benzene rings is 2. The van der Waals surface area contributed by atoms with E-state index in [2.05, 4.69) is 12.2 Å². The first-order valence-electron chi connectivity index (χ1n) is 11.0. The van der Waals surface area contributed by atoms with Gasteiger partial charge in [0, 0.05) is 5.56 Å². The molecule has 1 aliphatic heterocycles. The summed E-state index contributed by atoms with van der Waals surface area (Å²) >= 11 is 0. The second-order valence-electron chi connectivity index (χ2n) is 9.10. The minimum Gasteiger partial charge on any atom is -0.497 e. The lowest BCUT2D eigenvalue weighted by molar-refractivity contribution is -0.124. The highest BCUT2D eigenvalue weighted by Crippen LogP contribution is 2.65. The molecule has 5 aliphatic rings. The normalized spacial score (nSPS) is 31.3. The van der Waals surface area contributed by atoms with Gasteiger partial charge in [0.25, 0.3) is 0 Å². The van der Waals surface area contributed by atoms with Gasteiger partial charge in [-0.2, -0.15) is 0 Å². The summed E-state index contributed by atoms with van der Waals surface area (Å²) in [6.07, 6.45) is 5.49. The fourth-order valence-corrected chi connectivity index (χ4v) is 5.91. The van der Waals surface area contributed by atoms with Crippen LogP contribution in [0, 0.1) is 35.5 Å². The van der Waals surface area contributed by atoms with Crippen LogP contribution < -0.4 is 14.4 Å². The molecule has 3 fully saturated rings. The molecule has 1 saturated heterocycles. The Labute approximate surface area is 185 Å². The first-order valence-corrected chi connectivity index (χ1v) is 11.0. The Balaban J connectivity index is 1.14. The molecular formula is C26H23NO5. The Morgan fingerprint density at radius 1 is 0.875 bits per heavy atom. The molecule has 0 radical (unpaired) electrons. The van der Waals surface area contributed by atoms with E-state index in [-0.39, 0.29) is 47.9 Å². The van der Waals surface area contributed by atoms with Gasteiger partial charge in [-0.25, -0.2) is 0 Å². The number of hydrogen-bond acceptors (Lipinski definition) is 5. The number of carbonyl (C=O) groups is 3. The van der Waals surface area contributed by atoms with E-state index >= 15 is 0 Å². The number of ether oxygens (including phenoxy) is 2. The number of hydrogen-bond donors (Lipinski definition) is 0. The molecule has 0 aromatic heterocycles.